The molecule has 1 N–H and O–H groups in total. The van der Waals surface area contributed by atoms with Crippen molar-refractivity contribution >= 4 is 28.0 Å². The lowest BCUT2D eigenvalue weighted by Gasteiger charge is -2.19. The molecule has 1 atom stereocenters. The van der Waals surface area contributed by atoms with Crippen molar-refractivity contribution in [3.63, 3.8) is 0 Å². The molecule has 2 aromatic carbocycles. The van der Waals surface area contributed by atoms with E-state index in [1.807, 2.05) is 42.6 Å². The first-order valence-corrected chi connectivity index (χ1v) is 11.3. The Kier molecular flexibility index (Phi) is 6.28. The molecule has 4 aromatic rings. The maximum atomic E-state index is 13.0. The van der Waals surface area contributed by atoms with Gasteiger partial charge in [-0.25, -0.2) is 4.68 Å². The highest BCUT2D eigenvalue weighted by molar-refractivity contribution is 7.10. The molecule has 158 valence electrons. The van der Waals surface area contributed by atoms with Gasteiger partial charge >= 0.3 is 0 Å². The maximum absolute atomic E-state index is 13.0. The number of nitrogens with zero attached hydrogens (tertiary/aromatic N) is 2. The third-order valence-corrected chi connectivity index (χ3v) is 6.27. The number of carbonyl (C=O) groups is 1. The Balaban J connectivity index is 1.59. The summed E-state index contributed by atoms with van der Waals surface area (Å²) in [4.78, 5) is 26.8. The molecule has 4 rings (SSSR count). The minimum Gasteiger partial charge on any atom is -0.343 e. The highest BCUT2D eigenvalue weighted by atomic mass is 32.1. The Labute approximate surface area is 185 Å². The first-order valence-electron chi connectivity index (χ1n) is 10.4. The first kappa shape index (κ1) is 21.0. The van der Waals surface area contributed by atoms with Crippen molar-refractivity contribution in [1.29, 1.82) is 0 Å². The lowest BCUT2D eigenvalue weighted by atomic mass is 10.0. The van der Waals surface area contributed by atoms with E-state index < -0.39 is 0 Å². The van der Waals surface area contributed by atoms with Gasteiger partial charge < -0.3 is 5.32 Å². The molecule has 1 unspecified atom stereocenters. The van der Waals surface area contributed by atoms with Crippen LogP contribution in [0.25, 0.3) is 10.8 Å². The zero-order chi connectivity index (χ0) is 21.8. The van der Waals surface area contributed by atoms with Gasteiger partial charge in [0.2, 0.25) is 5.91 Å². The fraction of sp³-hybridized carbons (Fsp3) is 0.240. The van der Waals surface area contributed by atoms with Gasteiger partial charge in [0.15, 0.2) is 0 Å². The Bertz CT molecular complexity index is 1240. The normalized spacial score (nSPS) is 12.1. The number of carbonyl (C=O) groups excluding carboxylic acids is 1. The SMILES string of the molecule is CCCc1ccc(C(NC(=O)Cn2nc(C)c3ccccc3c2=O)c2cccs2)cc1. The molecule has 0 aliphatic carbocycles. The van der Waals surface area contributed by atoms with Gasteiger partial charge in [0, 0.05) is 10.3 Å². The van der Waals surface area contributed by atoms with Crippen LogP contribution in [0, 0.1) is 6.92 Å². The minimum absolute atomic E-state index is 0.125. The largest absolute Gasteiger partial charge is 0.343 e. The van der Waals surface area contributed by atoms with E-state index in [1.165, 1.54) is 10.2 Å². The summed E-state index contributed by atoms with van der Waals surface area (Å²) < 4.78 is 1.25. The van der Waals surface area contributed by atoms with Crippen LogP contribution in [0.5, 0.6) is 0 Å². The molecule has 2 heterocycles. The third kappa shape index (κ3) is 4.59. The number of rotatable bonds is 7. The highest BCUT2D eigenvalue weighted by Crippen LogP contribution is 2.26. The van der Waals surface area contributed by atoms with Gasteiger partial charge in [0.05, 0.1) is 17.1 Å². The Morgan fingerprint density at radius 3 is 2.48 bits per heavy atom. The van der Waals surface area contributed by atoms with Gasteiger partial charge in [0.1, 0.15) is 6.54 Å². The van der Waals surface area contributed by atoms with Gasteiger partial charge in [-0.3, -0.25) is 9.59 Å². The number of benzene rings is 2. The second kappa shape index (κ2) is 9.27. The number of hydrogen-bond acceptors (Lipinski definition) is 4. The lowest BCUT2D eigenvalue weighted by Crippen LogP contribution is -2.36. The second-order valence-corrected chi connectivity index (χ2v) is 8.58. The molecule has 0 spiro atoms. The van der Waals surface area contributed by atoms with Crippen LogP contribution < -0.4 is 10.9 Å². The Morgan fingerprint density at radius 1 is 1.06 bits per heavy atom. The van der Waals surface area contributed by atoms with Crippen molar-refractivity contribution in [3.05, 3.63) is 98.1 Å². The smallest absolute Gasteiger partial charge is 0.275 e. The molecule has 0 fully saturated rings. The standard InChI is InChI=1S/C25H25N3O2S/c1-3-7-18-11-13-19(14-12-18)24(22-10-6-15-31-22)26-23(29)16-28-25(30)21-9-5-4-8-20(21)17(2)27-28/h4-6,8-15,24H,3,7,16H2,1-2H3,(H,26,29). The maximum Gasteiger partial charge on any atom is 0.275 e. The van der Waals surface area contributed by atoms with E-state index in [4.69, 9.17) is 0 Å². The van der Waals surface area contributed by atoms with Gasteiger partial charge in [-0.1, -0.05) is 61.9 Å². The van der Waals surface area contributed by atoms with Gasteiger partial charge in [-0.2, -0.15) is 5.10 Å². The zero-order valence-electron chi connectivity index (χ0n) is 17.7. The quantitative estimate of drug-likeness (QED) is 0.464. The minimum atomic E-state index is -0.263. The van der Waals surface area contributed by atoms with Crippen molar-refractivity contribution < 1.29 is 4.79 Å². The van der Waals surface area contributed by atoms with Crippen LogP contribution in [0.4, 0.5) is 0 Å². The summed E-state index contributed by atoms with van der Waals surface area (Å²) in [5.74, 6) is -0.250. The van der Waals surface area contributed by atoms with Crippen LogP contribution in [0.1, 0.15) is 41.1 Å². The van der Waals surface area contributed by atoms with E-state index in [2.05, 4.69) is 41.6 Å². The highest BCUT2D eigenvalue weighted by Gasteiger charge is 2.19. The van der Waals surface area contributed by atoms with Crippen molar-refractivity contribution in [2.75, 3.05) is 0 Å². The average Bonchev–Trinajstić information content (AvgIpc) is 3.31. The molecule has 0 saturated carbocycles. The van der Waals surface area contributed by atoms with Gasteiger partial charge in [-0.05, 0) is 42.0 Å². The molecule has 0 radical (unpaired) electrons. The molecule has 31 heavy (non-hydrogen) atoms. The van der Waals surface area contributed by atoms with Crippen LogP contribution in [-0.2, 0) is 17.8 Å². The molecule has 6 heteroatoms. The molecule has 1 amide bonds. The zero-order valence-corrected chi connectivity index (χ0v) is 18.5. The van der Waals surface area contributed by atoms with E-state index in [1.54, 1.807) is 17.4 Å². The molecule has 2 aromatic heterocycles. The second-order valence-electron chi connectivity index (χ2n) is 7.60. The van der Waals surface area contributed by atoms with E-state index >= 15 is 0 Å². The topological polar surface area (TPSA) is 64.0 Å². The number of aromatic nitrogens is 2. The summed E-state index contributed by atoms with van der Waals surface area (Å²) in [5.41, 5.74) is 2.77. The summed E-state index contributed by atoms with van der Waals surface area (Å²) in [6.07, 6.45) is 2.13. The van der Waals surface area contributed by atoms with Gasteiger partial charge in [0.25, 0.3) is 5.56 Å². The predicted octanol–water partition coefficient (Wildman–Crippen LogP) is 4.62. The monoisotopic (exact) mass is 431 g/mol. The third-order valence-electron chi connectivity index (χ3n) is 5.33. The van der Waals surface area contributed by atoms with Crippen LogP contribution in [0.2, 0.25) is 0 Å². The number of aryl methyl sites for hydroxylation is 2. The van der Waals surface area contributed by atoms with Crippen molar-refractivity contribution in [2.24, 2.45) is 0 Å². The van der Waals surface area contributed by atoms with Crippen LogP contribution >= 0.6 is 11.3 Å². The number of hydrogen-bond donors (Lipinski definition) is 1. The molecular weight excluding hydrogens is 406 g/mol. The summed E-state index contributed by atoms with van der Waals surface area (Å²) >= 11 is 1.60. The molecule has 0 saturated heterocycles. The van der Waals surface area contributed by atoms with Crippen molar-refractivity contribution in [2.45, 2.75) is 39.3 Å². The summed E-state index contributed by atoms with van der Waals surface area (Å²) in [6, 6.07) is 19.4. The number of fused-ring (bicyclic) bond motifs is 1. The fourth-order valence-electron chi connectivity index (χ4n) is 3.79. The number of nitrogens with one attached hydrogen (secondary N) is 1. The van der Waals surface area contributed by atoms with E-state index in [9.17, 15) is 9.59 Å². The van der Waals surface area contributed by atoms with Crippen molar-refractivity contribution in [1.82, 2.24) is 15.1 Å². The molecule has 5 nitrogen and oxygen atoms in total. The predicted molar refractivity (Wildman–Crippen MR) is 125 cm³/mol. The number of amides is 1. The van der Waals surface area contributed by atoms with Gasteiger partial charge in [-0.15, -0.1) is 11.3 Å². The number of thiophene rings is 1. The van der Waals surface area contributed by atoms with Crippen LogP contribution in [0.3, 0.4) is 0 Å². The molecule has 0 bridgehead atoms. The molecule has 0 aliphatic heterocycles. The van der Waals surface area contributed by atoms with E-state index in [0.29, 0.717) is 5.39 Å². The van der Waals surface area contributed by atoms with E-state index in [0.717, 1.165) is 34.4 Å². The average molecular weight is 432 g/mol. The first-order chi connectivity index (χ1) is 15.1. The fourth-order valence-corrected chi connectivity index (χ4v) is 4.60. The summed E-state index contributed by atoms with van der Waals surface area (Å²) in [6.45, 7) is 3.88. The Hall–Kier alpha value is -3.25. The van der Waals surface area contributed by atoms with Crippen LogP contribution in [-0.4, -0.2) is 15.7 Å². The van der Waals surface area contributed by atoms with Crippen LogP contribution in [0.15, 0.2) is 70.8 Å². The lowest BCUT2D eigenvalue weighted by molar-refractivity contribution is -0.122. The molecule has 0 aliphatic rings. The summed E-state index contributed by atoms with van der Waals surface area (Å²) in [7, 11) is 0. The van der Waals surface area contributed by atoms with E-state index in [-0.39, 0.29) is 24.1 Å². The Morgan fingerprint density at radius 2 is 1.81 bits per heavy atom. The molecular formula is C25H25N3O2S. The summed E-state index contributed by atoms with van der Waals surface area (Å²) in [5, 5.41) is 10.8. The van der Waals surface area contributed by atoms with Crippen molar-refractivity contribution in [3.8, 4) is 0 Å².